The first-order valence-electron chi connectivity index (χ1n) is 11.8. The summed E-state index contributed by atoms with van der Waals surface area (Å²) in [5, 5.41) is 2.09. The molecule has 1 aliphatic carbocycles. The molecule has 1 atom stereocenters. The molecule has 4 rings (SSSR count). The standard InChI is InChI=1S/C26H34N2O4S/c1-18(2)19-6-8-21(9-7-19)32-17-23-22-11-15-33-24(22)10-12-28(23)25(29)16-27(13-14-31-3)26(30)20-4-5-20/h6-9,11,15,18,20,23H,4-5,10,12-14,16-17H2,1-3H3/t23-/m1/s1. The van der Waals surface area contributed by atoms with Crippen LogP contribution in [0.4, 0.5) is 0 Å². The van der Waals surface area contributed by atoms with Gasteiger partial charge in [-0.05, 0) is 59.9 Å². The molecular formula is C26H34N2O4S. The van der Waals surface area contributed by atoms with E-state index in [4.69, 9.17) is 9.47 Å². The van der Waals surface area contributed by atoms with Gasteiger partial charge < -0.3 is 19.3 Å². The molecule has 1 aromatic carbocycles. The van der Waals surface area contributed by atoms with Crippen molar-refractivity contribution in [3.05, 3.63) is 51.7 Å². The third-order valence-electron chi connectivity index (χ3n) is 6.50. The predicted molar refractivity (Wildman–Crippen MR) is 130 cm³/mol. The molecule has 7 heteroatoms. The van der Waals surface area contributed by atoms with Crippen LogP contribution in [0.2, 0.25) is 0 Å². The van der Waals surface area contributed by atoms with E-state index in [0.29, 0.717) is 32.2 Å². The van der Waals surface area contributed by atoms with Gasteiger partial charge in [0.15, 0.2) is 0 Å². The number of ether oxygens (including phenoxy) is 2. The molecular weight excluding hydrogens is 436 g/mol. The zero-order valence-electron chi connectivity index (χ0n) is 19.8. The fourth-order valence-corrected chi connectivity index (χ4v) is 5.24. The van der Waals surface area contributed by atoms with Crippen LogP contribution in [0.3, 0.4) is 0 Å². The highest BCUT2D eigenvalue weighted by Crippen LogP contribution is 2.35. The fraction of sp³-hybridized carbons (Fsp3) is 0.538. The first-order chi connectivity index (χ1) is 16.0. The van der Waals surface area contributed by atoms with Gasteiger partial charge in [0, 0.05) is 31.0 Å². The molecule has 6 nitrogen and oxygen atoms in total. The SMILES string of the molecule is COCCN(CC(=O)N1CCc2sccc2[C@H]1COc1ccc(C(C)C)cc1)C(=O)C1CC1. The van der Waals surface area contributed by atoms with Crippen molar-refractivity contribution in [3.8, 4) is 5.75 Å². The van der Waals surface area contributed by atoms with Gasteiger partial charge in [0.25, 0.3) is 0 Å². The van der Waals surface area contributed by atoms with E-state index in [2.05, 4.69) is 37.4 Å². The second-order valence-corrected chi connectivity index (χ2v) is 10.2. The van der Waals surface area contributed by atoms with Crippen molar-refractivity contribution in [1.82, 2.24) is 9.80 Å². The highest BCUT2D eigenvalue weighted by Gasteiger charge is 2.37. The van der Waals surface area contributed by atoms with Gasteiger partial charge in [-0.2, -0.15) is 0 Å². The van der Waals surface area contributed by atoms with E-state index in [9.17, 15) is 9.59 Å². The van der Waals surface area contributed by atoms with Crippen molar-refractivity contribution in [1.29, 1.82) is 0 Å². The van der Waals surface area contributed by atoms with E-state index in [1.165, 1.54) is 10.4 Å². The number of carbonyl (C=O) groups is 2. The molecule has 2 aliphatic rings. The van der Waals surface area contributed by atoms with Crippen molar-refractivity contribution < 1.29 is 19.1 Å². The van der Waals surface area contributed by atoms with Crippen LogP contribution in [-0.4, -0.2) is 61.6 Å². The summed E-state index contributed by atoms with van der Waals surface area (Å²) >= 11 is 1.74. The lowest BCUT2D eigenvalue weighted by Gasteiger charge is -2.37. The summed E-state index contributed by atoms with van der Waals surface area (Å²) < 4.78 is 11.3. The summed E-state index contributed by atoms with van der Waals surface area (Å²) in [5.74, 6) is 1.40. The second-order valence-electron chi connectivity index (χ2n) is 9.21. The van der Waals surface area contributed by atoms with Crippen LogP contribution in [0.15, 0.2) is 35.7 Å². The number of benzene rings is 1. The number of amides is 2. The quantitative estimate of drug-likeness (QED) is 0.521. The Hall–Kier alpha value is -2.38. The van der Waals surface area contributed by atoms with Crippen LogP contribution in [0.1, 0.15) is 54.7 Å². The van der Waals surface area contributed by atoms with Crippen molar-refractivity contribution >= 4 is 23.2 Å². The minimum atomic E-state index is -0.155. The highest BCUT2D eigenvalue weighted by molar-refractivity contribution is 7.10. The van der Waals surface area contributed by atoms with E-state index in [-0.39, 0.29) is 30.3 Å². The smallest absolute Gasteiger partial charge is 0.242 e. The van der Waals surface area contributed by atoms with Crippen LogP contribution in [0, 0.1) is 5.92 Å². The zero-order chi connectivity index (χ0) is 23.4. The van der Waals surface area contributed by atoms with Gasteiger partial charge in [-0.25, -0.2) is 0 Å². The number of carbonyl (C=O) groups excluding carboxylic acids is 2. The normalized spacial score (nSPS) is 17.7. The Morgan fingerprint density at radius 1 is 1.18 bits per heavy atom. The summed E-state index contributed by atoms with van der Waals surface area (Å²) in [6.07, 6.45) is 2.68. The van der Waals surface area contributed by atoms with Gasteiger partial charge >= 0.3 is 0 Å². The number of thiophene rings is 1. The molecule has 2 aromatic rings. The molecule has 1 aromatic heterocycles. The zero-order valence-corrected chi connectivity index (χ0v) is 20.6. The molecule has 0 radical (unpaired) electrons. The van der Waals surface area contributed by atoms with Gasteiger partial charge in [0.2, 0.25) is 11.8 Å². The first kappa shape index (κ1) is 23.8. The number of rotatable bonds is 10. The minimum Gasteiger partial charge on any atom is -0.491 e. The van der Waals surface area contributed by atoms with Gasteiger partial charge in [-0.1, -0.05) is 26.0 Å². The Labute approximate surface area is 200 Å². The van der Waals surface area contributed by atoms with E-state index in [1.807, 2.05) is 17.0 Å². The molecule has 2 amide bonds. The lowest BCUT2D eigenvalue weighted by Crippen LogP contribution is -2.48. The second kappa shape index (κ2) is 10.7. The summed E-state index contributed by atoms with van der Waals surface area (Å²) in [5.41, 5.74) is 2.43. The molecule has 1 aliphatic heterocycles. The maximum absolute atomic E-state index is 13.4. The molecule has 0 spiro atoms. The Kier molecular flexibility index (Phi) is 7.71. The largest absolute Gasteiger partial charge is 0.491 e. The van der Waals surface area contributed by atoms with Crippen molar-refractivity contribution in [2.24, 2.45) is 5.92 Å². The summed E-state index contributed by atoms with van der Waals surface area (Å²) in [6, 6.07) is 10.1. The Balaban J connectivity index is 1.47. The first-order valence-corrected chi connectivity index (χ1v) is 12.7. The average Bonchev–Trinajstić information content (AvgIpc) is 3.56. The van der Waals surface area contributed by atoms with Gasteiger partial charge in [-0.15, -0.1) is 11.3 Å². The Bertz CT molecular complexity index is 951. The number of fused-ring (bicyclic) bond motifs is 1. The highest BCUT2D eigenvalue weighted by atomic mass is 32.1. The molecule has 33 heavy (non-hydrogen) atoms. The average molecular weight is 471 g/mol. The maximum atomic E-state index is 13.4. The monoisotopic (exact) mass is 470 g/mol. The number of methoxy groups -OCH3 is 1. The topological polar surface area (TPSA) is 59.1 Å². The van der Waals surface area contributed by atoms with E-state index >= 15 is 0 Å². The van der Waals surface area contributed by atoms with Crippen molar-refractivity contribution in [3.63, 3.8) is 0 Å². The van der Waals surface area contributed by atoms with Gasteiger partial charge in [-0.3, -0.25) is 9.59 Å². The lowest BCUT2D eigenvalue weighted by molar-refractivity contribution is -0.143. The van der Waals surface area contributed by atoms with E-state index in [1.54, 1.807) is 23.3 Å². The van der Waals surface area contributed by atoms with Crippen LogP contribution in [0.5, 0.6) is 5.75 Å². The summed E-state index contributed by atoms with van der Waals surface area (Å²) in [7, 11) is 1.62. The van der Waals surface area contributed by atoms with Crippen molar-refractivity contribution in [2.75, 3.05) is 40.0 Å². The molecule has 0 N–H and O–H groups in total. The molecule has 0 saturated heterocycles. The Morgan fingerprint density at radius 2 is 1.94 bits per heavy atom. The predicted octanol–water partition coefficient (Wildman–Crippen LogP) is 4.26. The summed E-state index contributed by atoms with van der Waals surface area (Å²) in [6.45, 7) is 6.34. The van der Waals surface area contributed by atoms with E-state index < -0.39 is 0 Å². The van der Waals surface area contributed by atoms with Crippen LogP contribution >= 0.6 is 11.3 Å². The van der Waals surface area contributed by atoms with Crippen LogP contribution in [0.25, 0.3) is 0 Å². The number of nitrogens with zero attached hydrogens (tertiary/aromatic N) is 2. The molecule has 1 fully saturated rings. The molecule has 0 bridgehead atoms. The van der Waals surface area contributed by atoms with Gasteiger partial charge in [0.1, 0.15) is 12.4 Å². The Morgan fingerprint density at radius 3 is 2.61 bits per heavy atom. The number of hydrogen-bond acceptors (Lipinski definition) is 5. The molecule has 0 unspecified atom stereocenters. The molecule has 1 saturated carbocycles. The maximum Gasteiger partial charge on any atom is 0.242 e. The fourth-order valence-electron chi connectivity index (χ4n) is 4.31. The third kappa shape index (κ3) is 5.76. The van der Waals surface area contributed by atoms with Crippen LogP contribution < -0.4 is 4.74 Å². The number of hydrogen-bond donors (Lipinski definition) is 0. The lowest BCUT2D eigenvalue weighted by atomic mass is 10.00. The third-order valence-corrected chi connectivity index (χ3v) is 7.50. The molecule has 178 valence electrons. The van der Waals surface area contributed by atoms with Crippen LogP contribution in [-0.2, 0) is 20.7 Å². The van der Waals surface area contributed by atoms with Crippen molar-refractivity contribution in [2.45, 2.75) is 45.1 Å². The molecule has 2 heterocycles. The minimum absolute atomic E-state index is 0.0271. The summed E-state index contributed by atoms with van der Waals surface area (Å²) in [4.78, 5) is 31.1. The van der Waals surface area contributed by atoms with E-state index in [0.717, 1.165) is 30.6 Å². The van der Waals surface area contributed by atoms with Gasteiger partial charge in [0.05, 0.1) is 19.2 Å².